The Bertz CT molecular complexity index is 345. The van der Waals surface area contributed by atoms with Crippen LogP contribution >= 0.6 is 11.6 Å². The van der Waals surface area contributed by atoms with Crippen molar-refractivity contribution < 1.29 is 13.5 Å². The van der Waals surface area contributed by atoms with Crippen molar-refractivity contribution in [2.75, 3.05) is 6.61 Å². The number of rotatable bonds is 6. The van der Waals surface area contributed by atoms with Gasteiger partial charge in [0.15, 0.2) is 17.4 Å². The lowest BCUT2D eigenvalue weighted by Gasteiger charge is -2.13. The minimum Gasteiger partial charge on any atom is -0.487 e. The molecule has 0 bridgehead atoms. The van der Waals surface area contributed by atoms with Crippen LogP contribution in [0.5, 0.6) is 5.75 Å². The molecule has 1 aromatic carbocycles. The summed E-state index contributed by atoms with van der Waals surface area (Å²) in [5.41, 5.74) is 0.413. The predicted octanol–water partition coefficient (Wildman–Crippen LogP) is 4.52. The van der Waals surface area contributed by atoms with Crippen molar-refractivity contribution in [3.8, 4) is 5.75 Å². The summed E-state index contributed by atoms with van der Waals surface area (Å²) in [5.74, 6) is -1.32. The van der Waals surface area contributed by atoms with Crippen LogP contribution in [0.15, 0.2) is 12.1 Å². The number of alkyl halides is 1. The van der Waals surface area contributed by atoms with Gasteiger partial charge in [-0.1, -0.05) is 20.3 Å². The maximum atomic E-state index is 13.5. The lowest BCUT2D eigenvalue weighted by atomic mass is 10.1. The predicted molar refractivity (Wildman–Crippen MR) is 65.5 cm³/mol. The van der Waals surface area contributed by atoms with Gasteiger partial charge in [-0.3, -0.25) is 0 Å². The van der Waals surface area contributed by atoms with E-state index in [1.807, 2.05) is 6.92 Å². The highest BCUT2D eigenvalue weighted by Gasteiger charge is 2.13. The molecule has 1 aromatic rings. The molecule has 1 rings (SSSR count). The molecule has 0 saturated carbocycles. The van der Waals surface area contributed by atoms with Crippen LogP contribution in [0.2, 0.25) is 0 Å². The Morgan fingerprint density at radius 3 is 2.35 bits per heavy atom. The second-order valence-corrected chi connectivity index (χ2v) is 4.49. The fourth-order valence-electron chi connectivity index (χ4n) is 1.63. The fourth-order valence-corrected chi connectivity index (χ4v) is 1.78. The van der Waals surface area contributed by atoms with Crippen LogP contribution in [0.1, 0.15) is 32.3 Å². The summed E-state index contributed by atoms with van der Waals surface area (Å²) >= 11 is 5.52. The Labute approximate surface area is 106 Å². The quantitative estimate of drug-likeness (QED) is 0.685. The molecule has 4 heteroatoms. The Morgan fingerprint density at radius 1 is 1.29 bits per heavy atom. The largest absolute Gasteiger partial charge is 0.487 e. The summed E-state index contributed by atoms with van der Waals surface area (Å²) in [7, 11) is 0. The zero-order valence-electron chi connectivity index (χ0n) is 10.1. The van der Waals surface area contributed by atoms with Crippen molar-refractivity contribution in [3.05, 3.63) is 29.3 Å². The van der Waals surface area contributed by atoms with Crippen LogP contribution in [0.4, 0.5) is 8.78 Å². The first-order chi connectivity index (χ1) is 8.08. The van der Waals surface area contributed by atoms with Gasteiger partial charge in [-0.15, -0.1) is 11.6 Å². The highest BCUT2D eigenvalue weighted by Crippen LogP contribution is 2.24. The third-order valence-corrected chi connectivity index (χ3v) is 2.81. The summed E-state index contributed by atoms with van der Waals surface area (Å²) in [6.07, 6.45) is 2.00. The first-order valence-electron chi connectivity index (χ1n) is 5.75. The van der Waals surface area contributed by atoms with Gasteiger partial charge in [-0.05, 0) is 30.0 Å². The van der Waals surface area contributed by atoms with Crippen LogP contribution in [-0.2, 0) is 5.88 Å². The molecule has 0 aliphatic heterocycles. The average Bonchev–Trinajstić information content (AvgIpc) is 2.28. The smallest absolute Gasteiger partial charge is 0.190 e. The van der Waals surface area contributed by atoms with Gasteiger partial charge >= 0.3 is 0 Å². The second-order valence-electron chi connectivity index (χ2n) is 4.23. The van der Waals surface area contributed by atoms with E-state index in [0.29, 0.717) is 12.2 Å². The highest BCUT2D eigenvalue weighted by atomic mass is 35.5. The fraction of sp³-hybridized carbons (Fsp3) is 0.538. The van der Waals surface area contributed by atoms with Crippen LogP contribution in [0.25, 0.3) is 0 Å². The van der Waals surface area contributed by atoms with E-state index in [0.717, 1.165) is 12.8 Å². The Morgan fingerprint density at radius 2 is 1.88 bits per heavy atom. The van der Waals surface area contributed by atoms with Gasteiger partial charge in [-0.2, -0.15) is 0 Å². The standard InChI is InChI=1S/C13H17ClF2O/c1-3-4-9(2)8-17-13-11(15)5-10(7-14)6-12(13)16/h5-6,9H,3-4,7-8H2,1-2H3. The monoisotopic (exact) mass is 262 g/mol. The molecule has 0 saturated heterocycles. The van der Waals surface area contributed by atoms with Crippen LogP contribution in [0.3, 0.4) is 0 Å². The Balaban J connectivity index is 2.71. The topological polar surface area (TPSA) is 9.23 Å². The number of ether oxygens (including phenoxy) is 1. The van der Waals surface area contributed by atoms with E-state index in [4.69, 9.17) is 16.3 Å². The number of benzene rings is 1. The summed E-state index contributed by atoms with van der Waals surface area (Å²) in [6, 6.07) is 2.41. The molecule has 0 aromatic heterocycles. The van der Waals surface area contributed by atoms with Gasteiger partial charge in [0.1, 0.15) is 0 Å². The molecule has 1 atom stereocenters. The number of hydrogen-bond donors (Lipinski definition) is 0. The van der Waals surface area contributed by atoms with E-state index in [-0.39, 0.29) is 17.5 Å². The zero-order valence-corrected chi connectivity index (χ0v) is 10.9. The summed E-state index contributed by atoms with van der Waals surface area (Å²) in [5, 5.41) is 0. The maximum Gasteiger partial charge on any atom is 0.190 e. The minimum atomic E-state index is -0.690. The molecule has 0 fully saturated rings. The first kappa shape index (κ1) is 14.2. The van der Waals surface area contributed by atoms with Gasteiger partial charge in [0.2, 0.25) is 0 Å². The van der Waals surface area contributed by atoms with Gasteiger partial charge in [0.25, 0.3) is 0 Å². The molecule has 1 nitrogen and oxygen atoms in total. The van der Waals surface area contributed by atoms with Crippen LogP contribution in [-0.4, -0.2) is 6.61 Å². The normalized spacial score (nSPS) is 12.5. The van der Waals surface area contributed by atoms with E-state index in [1.165, 1.54) is 12.1 Å². The second kappa shape index (κ2) is 6.80. The number of hydrogen-bond acceptors (Lipinski definition) is 1. The molecule has 0 aliphatic rings. The molecule has 0 N–H and O–H groups in total. The van der Waals surface area contributed by atoms with Gasteiger partial charge in [0.05, 0.1) is 6.61 Å². The molecule has 0 spiro atoms. The van der Waals surface area contributed by atoms with Crippen molar-refractivity contribution in [1.29, 1.82) is 0 Å². The van der Waals surface area contributed by atoms with E-state index in [9.17, 15) is 8.78 Å². The van der Waals surface area contributed by atoms with Crippen molar-refractivity contribution in [2.24, 2.45) is 5.92 Å². The Kier molecular flexibility index (Phi) is 5.69. The molecule has 17 heavy (non-hydrogen) atoms. The third kappa shape index (κ3) is 4.15. The van der Waals surface area contributed by atoms with Gasteiger partial charge in [0, 0.05) is 5.88 Å². The third-order valence-electron chi connectivity index (χ3n) is 2.51. The minimum absolute atomic E-state index is 0.0837. The van der Waals surface area contributed by atoms with Crippen molar-refractivity contribution in [1.82, 2.24) is 0 Å². The SMILES string of the molecule is CCCC(C)COc1c(F)cc(CCl)cc1F. The van der Waals surface area contributed by atoms with Crippen LogP contribution < -0.4 is 4.74 Å². The summed E-state index contributed by atoms with van der Waals surface area (Å²) in [4.78, 5) is 0. The zero-order chi connectivity index (χ0) is 12.8. The lowest BCUT2D eigenvalue weighted by Crippen LogP contribution is -2.10. The molecular weight excluding hydrogens is 246 g/mol. The first-order valence-corrected chi connectivity index (χ1v) is 6.28. The van der Waals surface area contributed by atoms with Gasteiger partial charge in [-0.25, -0.2) is 8.78 Å². The highest BCUT2D eigenvalue weighted by molar-refractivity contribution is 6.17. The lowest BCUT2D eigenvalue weighted by molar-refractivity contribution is 0.231. The van der Waals surface area contributed by atoms with E-state index >= 15 is 0 Å². The van der Waals surface area contributed by atoms with E-state index in [2.05, 4.69) is 6.92 Å². The van der Waals surface area contributed by atoms with E-state index < -0.39 is 11.6 Å². The molecule has 0 amide bonds. The van der Waals surface area contributed by atoms with Crippen molar-refractivity contribution in [3.63, 3.8) is 0 Å². The van der Waals surface area contributed by atoms with Crippen molar-refractivity contribution >= 4 is 11.6 Å². The molecule has 0 heterocycles. The Hall–Kier alpha value is -0.830. The van der Waals surface area contributed by atoms with E-state index in [1.54, 1.807) is 0 Å². The molecule has 96 valence electrons. The van der Waals surface area contributed by atoms with Crippen molar-refractivity contribution in [2.45, 2.75) is 32.6 Å². The van der Waals surface area contributed by atoms with Crippen LogP contribution in [0, 0.1) is 17.6 Å². The number of halogens is 3. The summed E-state index contributed by atoms with van der Waals surface area (Å²) < 4.78 is 32.2. The average molecular weight is 263 g/mol. The maximum absolute atomic E-state index is 13.5. The molecule has 1 unspecified atom stereocenters. The summed E-state index contributed by atoms with van der Waals surface area (Å²) in [6.45, 7) is 4.38. The molecule has 0 radical (unpaired) electrons. The molecular formula is C13H17ClF2O. The van der Waals surface area contributed by atoms with Gasteiger partial charge < -0.3 is 4.74 Å². The molecule has 0 aliphatic carbocycles.